The average Bonchev–Trinajstić information content (AvgIpc) is 2.93. The Kier molecular flexibility index (Phi) is 6.01. The number of hydrogen-bond acceptors (Lipinski definition) is 2. The van der Waals surface area contributed by atoms with Crippen molar-refractivity contribution in [1.29, 1.82) is 0 Å². The van der Waals surface area contributed by atoms with Gasteiger partial charge in [-0.25, -0.2) is 0 Å². The van der Waals surface area contributed by atoms with Crippen LogP contribution < -0.4 is 0 Å². The van der Waals surface area contributed by atoms with Gasteiger partial charge >= 0.3 is 0 Å². The van der Waals surface area contributed by atoms with Crippen LogP contribution in [-0.4, -0.2) is 34.6 Å². The molecule has 0 spiro atoms. The number of aliphatic hydroxyl groups excluding tert-OH is 1. The van der Waals surface area contributed by atoms with Gasteiger partial charge in [0.1, 0.15) is 0 Å². The molecule has 0 aromatic heterocycles. The van der Waals surface area contributed by atoms with E-state index in [9.17, 15) is 9.90 Å². The minimum atomic E-state index is -0.336. The zero-order chi connectivity index (χ0) is 16.1. The molecule has 3 heteroatoms. The Bertz CT molecular complexity index is 481. The van der Waals surface area contributed by atoms with Gasteiger partial charge in [-0.05, 0) is 51.0 Å². The number of benzene rings is 1. The molecule has 2 rings (SSSR count). The molecule has 1 aromatic carbocycles. The van der Waals surface area contributed by atoms with Crippen LogP contribution in [0.2, 0.25) is 0 Å². The summed E-state index contributed by atoms with van der Waals surface area (Å²) in [5.41, 5.74) is 2.51. The summed E-state index contributed by atoms with van der Waals surface area (Å²) < 4.78 is 0. The maximum Gasteiger partial charge on any atom is 0.223 e. The van der Waals surface area contributed by atoms with E-state index in [1.165, 1.54) is 11.1 Å². The summed E-state index contributed by atoms with van der Waals surface area (Å²) in [6.07, 6.45) is 4.01. The third-order valence-electron chi connectivity index (χ3n) is 4.77. The Morgan fingerprint density at radius 2 is 2.05 bits per heavy atom. The van der Waals surface area contributed by atoms with Crippen LogP contribution >= 0.6 is 0 Å². The molecule has 1 saturated heterocycles. The van der Waals surface area contributed by atoms with Crippen LogP contribution in [0, 0.1) is 6.92 Å². The molecule has 3 unspecified atom stereocenters. The Morgan fingerprint density at radius 3 is 2.64 bits per heavy atom. The molecule has 1 aromatic rings. The Balaban J connectivity index is 2.01. The molecule has 1 amide bonds. The molecule has 1 aliphatic heterocycles. The topological polar surface area (TPSA) is 40.5 Å². The summed E-state index contributed by atoms with van der Waals surface area (Å²) in [6.45, 7) is 6.89. The van der Waals surface area contributed by atoms with E-state index in [2.05, 4.69) is 38.1 Å². The quantitative estimate of drug-likeness (QED) is 0.871. The lowest BCUT2D eigenvalue weighted by atomic mass is 9.92. The third-order valence-corrected chi connectivity index (χ3v) is 4.77. The molecular formula is C19H29NO2. The van der Waals surface area contributed by atoms with E-state index in [0.717, 1.165) is 25.8 Å². The van der Waals surface area contributed by atoms with Crippen molar-refractivity contribution in [2.24, 2.45) is 0 Å². The van der Waals surface area contributed by atoms with Crippen LogP contribution in [0.4, 0.5) is 0 Å². The van der Waals surface area contributed by atoms with Gasteiger partial charge in [0.05, 0.1) is 6.10 Å². The smallest absolute Gasteiger partial charge is 0.223 e. The maximum atomic E-state index is 12.7. The van der Waals surface area contributed by atoms with E-state index in [4.69, 9.17) is 0 Å². The molecule has 0 saturated carbocycles. The largest absolute Gasteiger partial charge is 0.393 e. The molecule has 1 fully saturated rings. The second-order valence-electron chi connectivity index (χ2n) is 6.69. The van der Waals surface area contributed by atoms with Crippen molar-refractivity contribution < 1.29 is 9.90 Å². The molecule has 0 aliphatic carbocycles. The zero-order valence-electron chi connectivity index (χ0n) is 14.1. The number of carbonyl (C=O) groups excluding carboxylic acids is 1. The number of hydrogen-bond donors (Lipinski definition) is 1. The monoisotopic (exact) mass is 303 g/mol. The summed E-state index contributed by atoms with van der Waals surface area (Å²) in [5, 5.41) is 9.61. The molecule has 3 atom stereocenters. The fourth-order valence-corrected chi connectivity index (χ4v) is 3.47. The van der Waals surface area contributed by atoms with E-state index in [1.54, 1.807) is 0 Å². The van der Waals surface area contributed by atoms with Gasteiger partial charge in [0.2, 0.25) is 5.91 Å². The van der Waals surface area contributed by atoms with Gasteiger partial charge in [-0.1, -0.05) is 36.8 Å². The van der Waals surface area contributed by atoms with E-state index in [0.29, 0.717) is 18.8 Å². The molecule has 122 valence electrons. The second kappa shape index (κ2) is 7.77. The van der Waals surface area contributed by atoms with E-state index in [1.807, 2.05) is 11.8 Å². The summed E-state index contributed by atoms with van der Waals surface area (Å²) in [6, 6.07) is 8.76. The van der Waals surface area contributed by atoms with Gasteiger partial charge in [0, 0.05) is 19.0 Å². The number of rotatable bonds is 6. The number of amides is 1. The molecule has 3 nitrogen and oxygen atoms in total. The van der Waals surface area contributed by atoms with Crippen molar-refractivity contribution in [2.75, 3.05) is 6.54 Å². The SMILES string of the molecule is CCC(CC(=O)N1CCCC1CC(C)O)c1ccc(C)cc1. The van der Waals surface area contributed by atoms with Gasteiger partial charge in [-0.2, -0.15) is 0 Å². The van der Waals surface area contributed by atoms with Crippen LogP contribution in [0.3, 0.4) is 0 Å². The van der Waals surface area contributed by atoms with Gasteiger partial charge in [0.25, 0.3) is 0 Å². The Morgan fingerprint density at radius 1 is 1.36 bits per heavy atom. The predicted molar refractivity (Wildman–Crippen MR) is 89.9 cm³/mol. The van der Waals surface area contributed by atoms with Gasteiger partial charge in [-0.15, -0.1) is 0 Å². The van der Waals surface area contributed by atoms with Crippen molar-refractivity contribution in [3.05, 3.63) is 35.4 Å². The van der Waals surface area contributed by atoms with Crippen LogP contribution in [0.1, 0.15) is 63.0 Å². The first-order chi connectivity index (χ1) is 10.5. The highest BCUT2D eigenvalue weighted by molar-refractivity contribution is 5.77. The third kappa shape index (κ3) is 4.33. The zero-order valence-corrected chi connectivity index (χ0v) is 14.1. The second-order valence-corrected chi connectivity index (χ2v) is 6.69. The number of carbonyl (C=O) groups is 1. The van der Waals surface area contributed by atoms with Crippen LogP contribution in [0.25, 0.3) is 0 Å². The average molecular weight is 303 g/mol. The van der Waals surface area contributed by atoms with Gasteiger partial charge in [0.15, 0.2) is 0 Å². The molecule has 1 heterocycles. The molecule has 1 aliphatic rings. The minimum Gasteiger partial charge on any atom is -0.393 e. The normalized spacial score (nSPS) is 20.9. The fourth-order valence-electron chi connectivity index (χ4n) is 3.47. The highest BCUT2D eigenvalue weighted by atomic mass is 16.3. The van der Waals surface area contributed by atoms with Crippen LogP contribution in [-0.2, 0) is 4.79 Å². The molecule has 22 heavy (non-hydrogen) atoms. The Labute approximate surface area is 134 Å². The van der Waals surface area contributed by atoms with Crippen molar-refractivity contribution in [3.8, 4) is 0 Å². The highest BCUT2D eigenvalue weighted by Gasteiger charge is 2.30. The van der Waals surface area contributed by atoms with Crippen LogP contribution in [0.15, 0.2) is 24.3 Å². The first kappa shape index (κ1) is 17.0. The predicted octanol–water partition coefficient (Wildman–Crippen LogP) is 3.64. The fraction of sp³-hybridized carbons (Fsp3) is 0.632. The summed E-state index contributed by atoms with van der Waals surface area (Å²) in [4.78, 5) is 14.7. The first-order valence-corrected chi connectivity index (χ1v) is 8.55. The van der Waals surface area contributed by atoms with E-state index < -0.39 is 0 Å². The first-order valence-electron chi connectivity index (χ1n) is 8.55. The number of likely N-dealkylation sites (tertiary alicyclic amines) is 1. The lowest BCUT2D eigenvalue weighted by Gasteiger charge is -2.27. The van der Waals surface area contributed by atoms with Crippen molar-refractivity contribution in [1.82, 2.24) is 4.90 Å². The van der Waals surface area contributed by atoms with Gasteiger partial charge < -0.3 is 10.0 Å². The van der Waals surface area contributed by atoms with Crippen molar-refractivity contribution >= 4 is 5.91 Å². The summed E-state index contributed by atoms with van der Waals surface area (Å²) >= 11 is 0. The number of aliphatic hydroxyl groups is 1. The van der Waals surface area contributed by atoms with Gasteiger partial charge in [-0.3, -0.25) is 4.79 Å². The Hall–Kier alpha value is -1.35. The minimum absolute atomic E-state index is 0.225. The lowest BCUT2D eigenvalue weighted by Crippen LogP contribution is -2.37. The number of aryl methyl sites for hydroxylation is 1. The molecule has 0 bridgehead atoms. The molecular weight excluding hydrogens is 274 g/mol. The lowest BCUT2D eigenvalue weighted by molar-refractivity contribution is -0.132. The van der Waals surface area contributed by atoms with E-state index in [-0.39, 0.29) is 18.1 Å². The maximum absolute atomic E-state index is 12.7. The summed E-state index contributed by atoms with van der Waals surface area (Å²) in [7, 11) is 0. The van der Waals surface area contributed by atoms with Crippen molar-refractivity contribution in [2.45, 2.75) is 70.9 Å². The molecule has 0 radical (unpaired) electrons. The van der Waals surface area contributed by atoms with Crippen molar-refractivity contribution in [3.63, 3.8) is 0 Å². The van der Waals surface area contributed by atoms with E-state index >= 15 is 0 Å². The molecule has 1 N–H and O–H groups in total. The standard InChI is InChI=1S/C19H29NO2/c1-4-16(17-9-7-14(2)8-10-17)13-19(22)20-11-5-6-18(20)12-15(3)21/h7-10,15-16,18,21H,4-6,11-13H2,1-3H3. The number of nitrogens with zero attached hydrogens (tertiary/aromatic N) is 1. The summed E-state index contributed by atoms with van der Waals surface area (Å²) in [5.74, 6) is 0.538. The highest BCUT2D eigenvalue weighted by Crippen LogP contribution is 2.28. The van der Waals surface area contributed by atoms with Crippen LogP contribution in [0.5, 0.6) is 0 Å².